The van der Waals surface area contributed by atoms with Gasteiger partial charge in [0.05, 0.1) is 11.3 Å². The quantitative estimate of drug-likeness (QED) is 0.331. The highest BCUT2D eigenvalue weighted by Gasteiger charge is 2.44. The maximum Gasteiger partial charge on any atom is 0.258 e. The second kappa shape index (κ2) is 8.37. The van der Waals surface area contributed by atoms with E-state index in [0.29, 0.717) is 5.92 Å². The molecule has 2 aromatic rings. The van der Waals surface area contributed by atoms with Gasteiger partial charge in [-0.2, -0.15) is 0 Å². The van der Waals surface area contributed by atoms with E-state index in [0.717, 1.165) is 48.0 Å². The molecule has 0 atom stereocenters. The van der Waals surface area contributed by atoms with Crippen LogP contribution in [-0.4, -0.2) is 15.3 Å². The molecule has 0 radical (unpaired) electrons. The van der Waals surface area contributed by atoms with Gasteiger partial charge in [-0.25, -0.2) is 4.98 Å². The molecule has 3 aliphatic carbocycles. The van der Waals surface area contributed by atoms with E-state index in [4.69, 9.17) is 4.98 Å². The molecule has 3 nitrogen and oxygen atoms in total. The van der Waals surface area contributed by atoms with Crippen LogP contribution in [0, 0.1) is 5.92 Å². The Bertz CT molecular complexity index is 997. The summed E-state index contributed by atoms with van der Waals surface area (Å²) in [5.74, 6) is 1.39. The number of aromatic nitrogens is 2. The Balaban J connectivity index is 1.69. The van der Waals surface area contributed by atoms with Crippen molar-refractivity contribution in [3.8, 4) is 11.3 Å². The summed E-state index contributed by atoms with van der Waals surface area (Å²) in [4.78, 5) is 19.3. The second-order valence-corrected chi connectivity index (χ2v) is 10.4. The van der Waals surface area contributed by atoms with E-state index in [1.165, 1.54) is 56.1 Å². The van der Waals surface area contributed by atoms with Gasteiger partial charge in [-0.1, -0.05) is 74.2 Å². The largest absolute Gasteiger partial charge is 0.287 e. The van der Waals surface area contributed by atoms with E-state index >= 15 is 0 Å². The molecule has 3 aliphatic rings. The third kappa shape index (κ3) is 3.47. The van der Waals surface area contributed by atoms with Gasteiger partial charge >= 0.3 is 0 Å². The fourth-order valence-electron chi connectivity index (χ4n) is 6.08. The van der Waals surface area contributed by atoms with E-state index < -0.39 is 0 Å². The van der Waals surface area contributed by atoms with E-state index in [9.17, 15) is 4.79 Å². The topological polar surface area (TPSA) is 34.9 Å². The van der Waals surface area contributed by atoms with Crippen molar-refractivity contribution in [1.29, 1.82) is 0 Å². The maximum absolute atomic E-state index is 14.1. The molecule has 1 aromatic heterocycles. The highest BCUT2D eigenvalue weighted by molar-refractivity contribution is 7.99. The minimum Gasteiger partial charge on any atom is -0.287 e. The van der Waals surface area contributed by atoms with Gasteiger partial charge in [0.25, 0.3) is 5.56 Å². The predicted molar refractivity (Wildman–Crippen MR) is 125 cm³/mol. The van der Waals surface area contributed by atoms with Crippen LogP contribution in [-0.2, 0) is 18.4 Å². The van der Waals surface area contributed by atoms with Crippen LogP contribution in [0.25, 0.3) is 11.3 Å². The molecule has 1 aromatic carbocycles. The van der Waals surface area contributed by atoms with Crippen molar-refractivity contribution in [2.75, 3.05) is 5.75 Å². The Morgan fingerprint density at radius 2 is 1.90 bits per heavy atom. The lowest BCUT2D eigenvalue weighted by molar-refractivity contribution is 0.302. The van der Waals surface area contributed by atoms with Crippen LogP contribution in [0.3, 0.4) is 0 Å². The molecule has 2 fully saturated rings. The summed E-state index contributed by atoms with van der Waals surface area (Å²) in [5, 5.41) is 0.883. The van der Waals surface area contributed by atoms with Crippen molar-refractivity contribution in [3.63, 3.8) is 0 Å². The zero-order valence-corrected chi connectivity index (χ0v) is 18.7. The summed E-state index contributed by atoms with van der Waals surface area (Å²) in [6.07, 6.45) is 14.0. The molecule has 0 amide bonds. The normalized spacial score (nSPS) is 20.1. The Morgan fingerprint density at radius 3 is 2.67 bits per heavy atom. The number of benzene rings is 1. The first-order chi connectivity index (χ1) is 14.7. The van der Waals surface area contributed by atoms with Crippen LogP contribution in [0.15, 0.2) is 46.9 Å². The molecule has 158 valence electrons. The molecular formula is C26H32N2OS. The molecule has 4 heteroatoms. The third-order valence-corrected chi connectivity index (χ3v) is 8.49. The lowest BCUT2D eigenvalue weighted by atomic mass is 9.68. The first kappa shape index (κ1) is 20.1. The van der Waals surface area contributed by atoms with Crippen molar-refractivity contribution in [2.24, 2.45) is 5.92 Å². The molecule has 1 heterocycles. The van der Waals surface area contributed by atoms with E-state index in [2.05, 4.69) is 35.4 Å². The van der Waals surface area contributed by atoms with Crippen molar-refractivity contribution in [1.82, 2.24) is 9.55 Å². The fourth-order valence-corrected chi connectivity index (χ4v) is 6.81. The van der Waals surface area contributed by atoms with Gasteiger partial charge in [0.15, 0.2) is 5.16 Å². The smallest absolute Gasteiger partial charge is 0.258 e. The van der Waals surface area contributed by atoms with Crippen molar-refractivity contribution < 1.29 is 0 Å². The predicted octanol–water partition coefficient (Wildman–Crippen LogP) is 6.14. The Morgan fingerprint density at radius 1 is 1.13 bits per heavy atom. The summed E-state index contributed by atoms with van der Waals surface area (Å²) in [6.45, 7) is 4.72. The molecule has 0 saturated heterocycles. The number of hydrogen-bond donors (Lipinski definition) is 0. The Kier molecular flexibility index (Phi) is 5.61. The minimum atomic E-state index is -0.0102. The van der Waals surface area contributed by atoms with Gasteiger partial charge in [0.1, 0.15) is 0 Å². The van der Waals surface area contributed by atoms with Crippen LogP contribution >= 0.6 is 11.8 Å². The first-order valence-electron chi connectivity index (χ1n) is 11.7. The first-order valence-corrected chi connectivity index (χ1v) is 12.7. The van der Waals surface area contributed by atoms with Crippen LogP contribution in [0.1, 0.15) is 68.9 Å². The van der Waals surface area contributed by atoms with Gasteiger partial charge in [0.2, 0.25) is 0 Å². The van der Waals surface area contributed by atoms with E-state index in [1.807, 2.05) is 6.08 Å². The molecule has 2 saturated carbocycles. The van der Waals surface area contributed by atoms with Crippen molar-refractivity contribution in [2.45, 2.75) is 81.3 Å². The molecule has 5 rings (SSSR count). The number of nitrogens with zero attached hydrogens (tertiary/aromatic N) is 2. The summed E-state index contributed by atoms with van der Waals surface area (Å²) in [6, 6.07) is 8.62. The number of hydrogen-bond acceptors (Lipinski definition) is 3. The summed E-state index contributed by atoms with van der Waals surface area (Å²) >= 11 is 1.66. The van der Waals surface area contributed by atoms with E-state index in [1.54, 1.807) is 11.8 Å². The summed E-state index contributed by atoms with van der Waals surface area (Å²) in [5.41, 5.74) is 4.76. The monoisotopic (exact) mass is 420 g/mol. The van der Waals surface area contributed by atoms with Crippen molar-refractivity contribution >= 4 is 11.8 Å². The molecular weight excluding hydrogens is 388 g/mol. The number of thioether (sulfide) groups is 1. The van der Waals surface area contributed by atoms with Gasteiger partial charge in [-0.3, -0.25) is 9.36 Å². The van der Waals surface area contributed by atoms with Crippen LogP contribution in [0.5, 0.6) is 0 Å². The summed E-state index contributed by atoms with van der Waals surface area (Å²) in [7, 11) is 0. The van der Waals surface area contributed by atoms with Gasteiger partial charge in [-0.15, -0.1) is 6.58 Å². The molecule has 0 aliphatic heterocycles. The average molecular weight is 421 g/mol. The third-order valence-electron chi connectivity index (χ3n) is 7.52. The minimum absolute atomic E-state index is 0.0102. The SMILES string of the molecule is C=CCSc1nc2c(c(=O)n1CC1CCCCC1)C1(CCCC1)Cc1ccccc1-2. The molecule has 0 bridgehead atoms. The standard InChI is InChI=1S/C26H32N2OS/c1-2-16-30-25-27-23-21-13-7-6-12-20(21)17-26(14-8-9-15-26)22(23)24(29)28(25)18-19-10-4-3-5-11-19/h2,6-7,12-13,19H,1,3-5,8-11,14-18H2. The number of fused-ring (bicyclic) bond motifs is 4. The van der Waals surface area contributed by atoms with Crippen LogP contribution in [0.4, 0.5) is 0 Å². The Labute approximate surface area is 184 Å². The van der Waals surface area contributed by atoms with Crippen molar-refractivity contribution in [3.05, 3.63) is 58.4 Å². The lowest BCUT2D eigenvalue weighted by Gasteiger charge is -2.36. The average Bonchev–Trinajstić information content (AvgIpc) is 3.23. The lowest BCUT2D eigenvalue weighted by Crippen LogP contribution is -2.41. The van der Waals surface area contributed by atoms with Crippen LogP contribution < -0.4 is 5.56 Å². The van der Waals surface area contributed by atoms with Crippen LogP contribution in [0.2, 0.25) is 0 Å². The van der Waals surface area contributed by atoms with Gasteiger partial charge in [0, 0.05) is 23.3 Å². The zero-order valence-electron chi connectivity index (χ0n) is 17.9. The Hall–Kier alpha value is -1.81. The van der Waals surface area contributed by atoms with Gasteiger partial charge < -0.3 is 0 Å². The summed E-state index contributed by atoms with van der Waals surface area (Å²) < 4.78 is 2.05. The second-order valence-electron chi connectivity index (χ2n) is 9.46. The maximum atomic E-state index is 14.1. The fraction of sp³-hybridized carbons (Fsp3) is 0.538. The molecule has 30 heavy (non-hydrogen) atoms. The highest BCUT2D eigenvalue weighted by atomic mass is 32.2. The number of rotatable bonds is 5. The highest BCUT2D eigenvalue weighted by Crippen LogP contribution is 2.50. The molecule has 1 spiro atoms. The van der Waals surface area contributed by atoms with E-state index in [-0.39, 0.29) is 11.0 Å². The molecule has 0 N–H and O–H groups in total. The molecule has 0 unspecified atom stereocenters. The van der Waals surface area contributed by atoms with Gasteiger partial charge in [-0.05, 0) is 43.6 Å². The zero-order chi connectivity index (χ0) is 20.6.